The Hall–Kier alpha value is -0.570. The van der Waals surface area contributed by atoms with Crippen LogP contribution >= 0.6 is 0 Å². The number of nitrogens with two attached hydrogens (primary N) is 1. The molecule has 0 bridgehead atoms. The van der Waals surface area contributed by atoms with E-state index in [1.54, 1.807) is 0 Å². The Bertz CT molecular complexity index is 256. The Morgan fingerprint density at radius 2 is 1.65 bits per heavy atom. The van der Waals surface area contributed by atoms with Gasteiger partial charge in [-0.2, -0.15) is 0 Å². The fraction of sp³-hybridized carbons (Fsp3) is 0.941. The van der Waals surface area contributed by atoms with Gasteiger partial charge >= 0.3 is 5.97 Å². The first-order valence-corrected chi connectivity index (χ1v) is 8.58. The molecule has 1 aliphatic rings. The predicted octanol–water partition coefficient (Wildman–Crippen LogP) is 4.43. The van der Waals surface area contributed by atoms with Crippen molar-refractivity contribution < 1.29 is 9.53 Å². The van der Waals surface area contributed by atoms with Gasteiger partial charge in [-0.1, -0.05) is 53.9 Å². The second-order valence-corrected chi connectivity index (χ2v) is 5.54. The maximum absolute atomic E-state index is 12.0. The van der Waals surface area contributed by atoms with Gasteiger partial charge in [0, 0.05) is 0 Å². The van der Waals surface area contributed by atoms with Crippen molar-refractivity contribution in [3.8, 4) is 0 Å². The van der Waals surface area contributed by atoms with Gasteiger partial charge in [-0.15, -0.1) is 0 Å². The molecule has 2 N–H and O–H groups in total. The molecule has 0 aromatic carbocycles. The highest BCUT2D eigenvalue weighted by Crippen LogP contribution is 2.39. The van der Waals surface area contributed by atoms with Crippen LogP contribution in [0.4, 0.5) is 0 Å². The molecule has 1 saturated carbocycles. The molecule has 0 radical (unpaired) electrons. The monoisotopic (exact) mass is 285 g/mol. The summed E-state index contributed by atoms with van der Waals surface area (Å²) in [5.74, 6) is 0.307. The van der Waals surface area contributed by atoms with Crippen LogP contribution < -0.4 is 5.73 Å². The summed E-state index contributed by atoms with van der Waals surface area (Å²) in [7, 11) is 0. The second-order valence-electron chi connectivity index (χ2n) is 5.54. The second kappa shape index (κ2) is 10.2. The summed E-state index contributed by atoms with van der Waals surface area (Å²) in [5, 5.41) is 0. The molecule has 20 heavy (non-hydrogen) atoms. The van der Waals surface area contributed by atoms with E-state index in [0.29, 0.717) is 12.3 Å². The summed E-state index contributed by atoms with van der Waals surface area (Å²) in [6.07, 6.45) is 8.68. The number of carbonyl (C=O) groups excluding carboxylic acids is 1. The van der Waals surface area contributed by atoms with Gasteiger partial charge in [-0.3, -0.25) is 4.79 Å². The molecular weight excluding hydrogens is 250 g/mol. The SMILES string of the molecule is CC.CCC(N)C(=O)OC(CC)(CC)C1CCCCC1. The van der Waals surface area contributed by atoms with Crippen LogP contribution in [0.5, 0.6) is 0 Å². The number of carbonyl (C=O) groups is 1. The first-order chi connectivity index (χ1) is 9.59. The lowest BCUT2D eigenvalue weighted by Gasteiger charge is -2.41. The van der Waals surface area contributed by atoms with Crippen molar-refractivity contribution >= 4 is 5.97 Å². The topological polar surface area (TPSA) is 52.3 Å². The van der Waals surface area contributed by atoms with E-state index < -0.39 is 6.04 Å². The zero-order valence-electron chi connectivity index (χ0n) is 14.2. The minimum absolute atomic E-state index is 0.216. The van der Waals surface area contributed by atoms with E-state index in [1.807, 2.05) is 20.8 Å². The van der Waals surface area contributed by atoms with E-state index >= 15 is 0 Å². The lowest BCUT2D eigenvalue weighted by molar-refractivity contribution is -0.171. The molecule has 0 aromatic rings. The van der Waals surface area contributed by atoms with Crippen LogP contribution in [0, 0.1) is 5.92 Å². The van der Waals surface area contributed by atoms with E-state index in [9.17, 15) is 4.79 Å². The molecule has 120 valence electrons. The molecule has 0 saturated heterocycles. The van der Waals surface area contributed by atoms with E-state index in [-0.39, 0.29) is 11.6 Å². The standard InChI is InChI=1S/C15H29NO2.C2H6/c1-4-13(16)14(17)18-15(5-2,6-3)12-10-8-7-9-11-12;1-2/h12-13H,4-11,16H2,1-3H3;1-2H3. The van der Waals surface area contributed by atoms with Crippen molar-refractivity contribution in [3.05, 3.63) is 0 Å². The van der Waals surface area contributed by atoms with Crippen LogP contribution in [-0.2, 0) is 9.53 Å². The molecule has 0 aromatic heterocycles. The minimum Gasteiger partial charge on any atom is -0.458 e. The summed E-state index contributed by atoms with van der Waals surface area (Å²) >= 11 is 0. The Kier molecular flexibility index (Phi) is 9.91. The first kappa shape index (κ1) is 19.4. The number of rotatable bonds is 6. The van der Waals surface area contributed by atoms with Crippen molar-refractivity contribution in [1.29, 1.82) is 0 Å². The third-order valence-corrected chi connectivity index (χ3v) is 4.59. The maximum Gasteiger partial charge on any atom is 0.323 e. The molecule has 0 amide bonds. The highest BCUT2D eigenvalue weighted by molar-refractivity contribution is 5.75. The summed E-state index contributed by atoms with van der Waals surface area (Å²) < 4.78 is 5.86. The van der Waals surface area contributed by atoms with Gasteiger partial charge in [-0.05, 0) is 38.0 Å². The third kappa shape index (κ3) is 5.08. The van der Waals surface area contributed by atoms with Crippen LogP contribution in [0.2, 0.25) is 0 Å². The van der Waals surface area contributed by atoms with Gasteiger partial charge in [0.1, 0.15) is 11.6 Å². The Balaban J connectivity index is 0.00000172. The highest BCUT2D eigenvalue weighted by Gasteiger charge is 2.40. The Morgan fingerprint density at radius 1 is 1.15 bits per heavy atom. The number of hydrogen-bond acceptors (Lipinski definition) is 3. The lowest BCUT2D eigenvalue weighted by atomic mass is 9.74. The van der Waals surface area contributed by atoms with E-state index in [2.05, 4.69) is 13.8 Å². The maximum atomic E-state index is 12.0. The van der Waals surface area contributed by atoms with Crippen molar-refractivity contribution in [3.63, 3.8) is 0 Å². The molecule has 0 aliphatic heterocycles. The van der Waals surface area contributed by atoms with Crippen molar-refractivity contribution in [2.45, 2.75) is 97.6 Å². The molecule has 1 aliphatic carbocycles. The van der Waals surface area contributed by atoms with Crippen molar-refractivity contribution in [1.82, 2.24) is 0 Å². The van der Waals surface area contributed by atoms with Crippen LogP contribution in [0.15, 0.2) is 0 Å². The lowest BCUT2D eigenvalue weighted by Crippen LogP contribution is -2.46. The fourth-order valence-corrected chi connectivity index (χ4v) is 3.13. The molecule has 0 spiro atoms. The molecule has 1 fully saturated rings. The molecule has 1 atom stereocenters. The summed E-state index contributed by atoms with van der Waals surface area (Å²) in [6.45, 7) is 10.2. The minimum atomic E-state index is -0.467. The normalized spacial score (nSPS) is 17.9. The Morgan fingerprint density at radius 3 is 2.05 bits per heavy atom. The molecule has 3 nitrogen and oxygen atoms in total. The van der Waals surface area contributed by atoms with Gasteiger partial charge < -0.3 is 10.5 Å². The Labute approximate surface area is 125 Å². The number of ether oxygens (including phenoxy) is 1. The average Bonchev–Trinajstić information content (AvgIpc) is 2.54. The zero-order chi connectivity index (χ0) is 15.6. The third-order valence-electron chi connectivity index (χ3n) is 4.59. The zero-order valence-corrected chi connectivity index (χ0v) is 14.2. The van der Waals surface area contributed by atoms with Crippen molar-refractivity contribution in [2.75, 3.05) is 0 Å². The molecule has 0 heterocycles. The molecule has 1 unspecified atom stereocenters. The number of hydrogen-bond donors (Lipinski definition) is 1. The van der Waals surface area contributed by atoms with Gasteiger partial charge in [0.15, 0.2) is 0 Å². The predicted molar refractivity (Wildman–Crippen MR) is 85.6 cm³/mol. The molecule has 3 heteroatoms. The van der Waals surface area contributed by atoms with E-state index in [4.69, 9.17) is 10.5 Å². The van der Waals surface area contributed by atoms with Gasteiger partial charge in [0.05, 0.1) is 0 Å². The van der Waals surface area contributed by atoms with Crippen molar-refractivity contribution in [2.24, 2.45) is 11.7 Å². The van der Waals surface area contributed by atoms with E-state index in [1.165, 1.54) is 32.1 Å². The molecule has 1 rings (SSSR count). The van der Waals surface area contributed by atoms with Crippen LogP contribution in [0.1, 0.15) is 86.0 Å². The largest absolute Gasteiger partial charge is 0.458 e. The quantitative estimate of drug-likeness (QED) is 0.734. The van der Waals surface area contributed by atoms with Crippen LogP contribution in [-0.4, -0.2) is 17.6 Å². The highest BCUT2D eigenvalue weighted by atomic mass is 16.6. The smallest absolute Gasteiger partial charge is 0.323 e. The van der Waals surface area contributed by atoms with Crippen LogP contribution in [0.3, 0.4) is 0 Å². The van der Waals surface area contributed by atoms with E-state index in [0.717, 1.165) is 12.8 Å². The summed E-state index contributed by atoms with van der Waals surface area (Å²) in [5.41, 5.74) is 5.51. The first-order valence-electron chi connectivity index (χ1n) is 8.58. The van der Waals surface area contributed by atoms with Crippen LogP contribution in [0.25, 0.3) is 0 Å². The summed E-state index contributed by atoms with van der Waals surface area (Å²) in [4.78, 5) is 12.0. The van der Waals surface area contributed by atoms with Gasteiger partial charge in [0.2, 0.25) is 0 Å². The van der Waals surface area contributed by atoms with Gasteiger partial charge in [0.25, 0.3) is 0 Å². The van der Waals surface area contributed by atoms with Gasteiger partial charge in [-0.25, -0.2) is 0 Å². The number of esters is 1. The average molecular weight is 285 g/mol. The molecular formula is C17H35NO2. The fourth-order valence-electron chi connectivity index (χ4n) is 3.13. The summed E-state index contributed by atoms with van der Waals surface area (Å²) in [6, 6.07) is -0.467.